The van der Waals surface area contributed by atoms with Crippen LogP contribution >= 0.6 is 11.3 Å². The van der Waals surface area contributed by atoms with Crippen LogP contribution in [0, 0.1) is 6.92 Å². The van der Waals surface area contributed by atoms with Gasteiger partial charge >= 0.3 is 0 Å². The van der Waals surface area contributed by atoms with Crippen LogP contribution in [-0.2, 0) is 25.5 Å². The van der Waals surface area contributed by atoms with Gasteiger partial charge in [0.1, 0.15) is 19.0 Å². The molecule has 1 aliphatic heterocycles. The fourth-order valence-corrected chi connectivity index (χ4v) is 4.57. The zero-order valence-corrected chi connectivity index (χ0v) is 19.2. The highest BCUT2D eigenvalue weighted by molar-refractivity contribution is 7.10. The molecule has 8 heteroatoms. The first kappa shape index (κ1) is 23.2. The highest BCUT2D eigenvalue weighted by Crippen LogP contribution is 2.34. The predicted molar refractivity (Wildman–Crippen MR) is 119 cm³/mol. The van der Waals surface area contributed by atoms with Crippen LogP contribution in [0.5, 0.6) is 5.75 Å². The number of aryl methyl sites for hydroxylation is 1. The highest BCUT2D eigenvalue weighted by Gasteiger charge is 2.33. The monoisotopic (exact) mass is 446 g/mol. The molecule has 2 aromatic rings. The van der Waals surface area contributed by atoms with E-state index in [-0.39, 0.29) is 31.0 Å². The molecule has 0 bridgehead atoms. The lowest BCUT2D eigenvalue weighted by atomic mass is 10.0. The van der Waals surface area contributed by atoms with Crippen molar-refractivity contribution in [3.05, 3.63) is 51.7 Å². The first-order valence-electron chi connectivity index (χ1n) is 10.3. The zero-order chi connectivity index (χ0) is 22.2. The van der Waals surface area contributed by atoms with Crippen molar-refractivity contribution in [1.82, 2.24) is 9.80 Å². The zero-order valence-electron chi connectivity index (χ0n) is 18.3. The van der Waals surface area contributed by atoms with Crippen molar-refractivity contribution >= 4 is 23.2 Å². The van der Waals surface area contributed by atoms with Gasteiger partial charge < -0.3 is 24.0 Å². The second-order valence-electron chi connectivity index (χ2n) is 7.52. The van der Waals surface area contributed by atoms with Gasteiger partial charge in [0.25, 0.3) is 0 Å². The number of hydrogen-bond donors (Lipinski definition) is 0. The Morgan fingerprint density at radius 2 is 1.94 bits per heavy atom. The first-order valence-corrected chi connectivity index (χ1v) is 11.2. The van der Waals surface area contributed by atoms with Gasteiger partial charge in [-0.1, -0.05) is 17.7 Å². The van der Waals surface area contributed by atoms with E-state index in [4.69, 9.17) is 14.2 Å². The lowest BCUT2D eigenvalue weighted by Crippen LogP contribution is -2.49. The minimum Gasteiger partial charge on any atom is -0.491 e. The Morgan fingerprint density at radius 3 is 2.65 bits per heavy atom. The standard InChI is InChI=1S/C23H30N2O5S/c1-17-4-6-18(7-5-17)30-15-20-19-9-13-31-21(19)8-10-25(20)22(26)14-24(11-12-28-2)23(27)16-29-3/h4-7,9,13,20H,8,10-12,14-16H2,1-3H3. The van der Waals surface area contributed by atoms with Crippen molar-refractivity contribution < 1.29 is 23.8 Å². The van der Waals surface area contributed by atoms with Gasteiger partial charge in [0.2, 0.25) is 11.8 Å². The van der Waals surface area contributed by atoms with E-state index in [9.17, 15) is 9.59 Å². The Bertz CT molecular complexity index is 867. The third kappa shape index (κ3) is 6.06. The van der Waals surface area contributed by atoms with Crippen LogP contribution in [0.2, 0.25) is 0 Å². The normalized spacial score (nSPS) is 15.5. The lowest BCUT2D eigenvalue weighted by Gasteiger charge is -2.37. The van der Waals surface area contributed by atoms with Gasteiger partial charge in [-0.05, 0) is 42.5 Å². The first-order chi connectivity index (χ1) is 15.0. The van der Waals surface area contributed by atoms with Crippen molar-refractivity contribution in [2.24, 2.45) is 0 Å². The fraction of sp³-hybridized carbons (Fsp3) is 0.478. The maximum absolute atomic E-state index is 13.3. The largest absolute Gasteiger partial charge is 0.491 e. The average molecular weight is 447 g/mol. The number of methoxy groups -OCH3 is 2. The van der Waals surface area contributed by atoms with Crippen LogP contribution in [-0.4, -0.2) is 75.3 Å². The molecule has 7 nitrogen and oxygen atoms in total. The van der Waals surface area contributed by atoms with Gasteiger partial charge in [-0.2, -0.15) is 0 Å². The van der Waals surface area contributed by atoms with Gasteiger partial charge in [-0.25, -0.2) is 0 Å². The van der Waals surface area contributed by atoms with E-state index in [0.29, 0.717) is 26.3 Å². The van der Waals surface area contributed by atoms with Gasteiger partial charge in [0.05, 0.1) is 19.2 Å². The summed E-state index contributed by atoms with van der Waals surface area (Å²) in [6, 6.07) is 9.77. The van der Waals surface area contributed by atoms with Crippen LogP contribution < -0.4 is 4.74 Å². The molecule has 0 radical (unpaired) electrons. The van der Waals surface area contributed by atoms with Crippen LogP contribution in [0.1, 0.15) is 22.0 Å². The van der Waals surface area contributed by atoms with Crippen LogP contribution in [0.4, 0.5) is 0 Å². The summed E-state index contributed by atoms with van der Waals surface area (Å²) >= 11 is 1.71. The number of carbonyl (C=O) groups excluding carboxylic acids is 2. The number of nitrogens with zero attached hydrogens (tertiary/aromatic N) is 2. The smallest absolute Gasteiger partial charge is 0.249 e. The molecule has 0 aliphatic carbocycles. The molecule has 1 unspecified atom stereocenters. The van der Waals surface area contributed by atoms with Gasteiger partial charge in [-0.15, -0.1) is 11.3 Å². The van der Waals surface area contributed by atoms with Crippen molar-refractivity contribution in [3.8, 4) is 5.75 Å². The summed E-state index contributed by atoms with van der Waals surface area (Å²) in [5.74, 6) is 0.445. The molecule has 2 heterocycles. The third-order valence-corrected chi connectivity index (χ3v) is 6.35. The number of amides is 2. The molecule has 1 atom stereocenters. The Labute approximate surface area is 187 Å². The van der Waals surface area contributed by atoms with Crippen molar-refractivity contribution in [2.75, 3.05) is 53.7 Å². The molecule has 2 amide bonds. The number of fused-ring (bicyclic) bond motifs is 1. The van der Waals surface area contributed by atoms with Crippen molar-refractivity contribution in [3.63, 3.8) is 0 Å². The van der Waals surface area contributed by atoms with Gasteiger partial charge in [-0.3, -0.25) is 9.59 Å². The summed E-state index contributed by atoms with van der Waals surface area (Å²) in [7, 11) is 3.04. The fourth-order valence-electron chi connectivity index (χ4n) is 3.65. The topological polar surface area (TPSA) is 68.3 Å². The Hall–Kier alpha value is -2.42. The number of benzene rings is 1. The minimum atomic E-state index is -0.228. The van der Waals surface area contributed by atoms with E-state index >= 15 is 0 Å². The summed E-state index contributed by atoms with van der Waals surface area (Å²) < 4.78 is 16.1. The van der Waals surface area contributed by atoms with Crippen molar-refractivity contribution in [1.29, 1.82) is 0 Å². The summed E-state index contributed by atoms with van der Waals surface area (Å²) in [5, 5.41) is 2.06. The summed E-state index contributed by atoms with van der Waals surface area (Å²) in [5.41, 5.74) is 2.29. The number of ether oxygens (including phenoxy) is 3. The Kier molecular flexibility index (Phi) is 8.45. The van der Waals surface area contributed by atoms with E-state index in [1.807, 2.05) is 36.1 Å². The molecule has 0 fully saturated rings. The molecule has 1 aromatic carbocycles. The Balaban J connectivity index is 1.74. The molecular formula is C23H30N2O5S. The molecule has 0 saturated carbocycles. The molecule has 1 aliphatic rings. The second-order valence-corrected chi connectivity index (χ2v) is 8.52. The number of hydrogen-bond acceptors (Lipinski definition) is 6. The van der Waals surface area contributed by atoms with Gasteiger partial charge in [0.15, 0.2) is 0 Å². The quantitative estimate of drug-likeness (QED) is 0.561. The van der Waals surface area contributed by atoms with E-state index in [1.165, 1.54) is 22.5 Å². The Morgan fingerprint density at radius 1 is 1.16 bits per heavy atom. The van der Waals surface area contributed by atoms with E-state index < -0.39 is 0 Å². The number of rotatable bonds is 10. The second kappa shape index (κ2) is 11.3. The SMILES string of the molecule is COCCN(CC(=O)N1CCc2sccc2C1COc1ccc(C)cc1)C(=O)COC. The average Bonchev–Trinajstić information content (AvgIpc) is 3.25. The highest BCUT2D eigenvalue weighted by atomic mass is 32.1. The van der Waals surface area contributed by atoms with E-state index in [0.717, 1.165) is 17.7 Å². The molecule has 3 rings (SSSR count). The number of carbonyl (C=O) groups is 2. The maximum atomic E-state index is 13.3. The summed E-state index contributed by atoms with van der Waals surface area (Å²) in [6.45, 7) is 3.62. The van der Waals surface area contributed by atoms with Crippen molar-refractivity contribution in [2.45, 2.75) is 19.4 Å². The lowest BCUT2D eigenvalue weighted by molar-refractivity contribution is -0.145. The molecule has 1 aromatic heterocycles. The van der Waals surface area contributed by atoms with E-state index in [1.54, 1.807) is 18.4 Å². The molecule has 0 spiro atoms. The summed E-state index contributed by atoms with van der Waals surface area (Å²) in [6.07, 6.45) is 0.809. The van der Waals surface area contributed by atoms with Crippen LogP contribution in [0.15, 0.2) is 35.7 Å². The molecule has 31 heavy (non-hydrogen) atoms. The van der Waals surface area contributed by atoms with Crippen LogP contribution in [0.25, 0.3) is 0 Å². The predicted octanol–water partition coefficient (Wildman–Crippen LogP) is 2.68. The van der Waals surface area contributed by atoms with E-state index in [2.05, 4.69) is 11.4 Å². The van der Waals surface area contributed by atoms with Crippen LogP contribution in [0.3, 0.4) is 0 Å². The summed E-state index contributed by atoms with van der Waals surface area (Å²) in [4.78, 5) is 30.3. The molecular weight excluding hydrogens is 416 g/mol. The number of thiophene rings is 1. The third-order valence-electron chi connectivity index (χ3n) is 5.36. The molecule has 0 N–H and O–H groups in total. The maximum Gasteiger partial charge on any atom is 0.249 e. The minimum absolute atomic E-state index is 0.00788. The molecule has 0 saturated heterocycles. The molecule has 168 valence electrons. The van der Waals surface area contributed by atoms with Gasteiger partial charge in [0, 0.05) is 32.2 Å².